The molecular formula is C19H17N7S. The Hall–Kier alpha value is -3.13. The summed E-state index contributed by atoms with van der Waals surface area (Å²) in [6.45, 7) is 3.63. The Morgan fingerprint density at radius 1 is 0.815 bits per heavy atom. The number of nitrogens with zero attached hydrogens (tertiary/aromatic N) is 7. The molecule has 5 rings (SSSR count). The van der Waals surface area contributed by atoms with Crippen molar-refractivity contribution >= 4 is 32.5 Å². The Balaban J connectivity index is 1.27. The Bertz CT molecular complexity index is 1010. The van der Waals surface area contributed by atoms with Crippen LogP contribution in [-0.4, -0.2) is 51.3 Å². The molecule has 4 aromatic heterocycles. The summed E-state index contributed by atoms with van der Waals surface area (Å²) >= 11 is 1.72. The standard InChI is InChI=1S/C19H17N7S/c1-2-14(12-20-6-1)15-3-4-18(24-23-15)25-8-10-26(11-9-25)19-22-16-13-21-7-5-17(16)27-19/h1-7,12-13H,8-11H2. The van der Waals surface area contributed by atoms with E-state index in [9.17, 15) is 0 Å². The third-order valence-corrected chi connectivity index (χ3v) is 5.76. The Labute approximate surface area is 160 Å². The lowest BCUT2D eigenvalue weighted by molar-refractivity contribution is 0.643. The smallest absolute Gasteiger partial charge is 0.186 e. The van der Waals surface area contributed by atoms with Gasteiger partial charge in [0.2, 0.25) is 0 Å². The minimum absolute atomic E-state index is 0.841. The van der Waals surface area contributed by atoms with E-state index in [0.717, 1.165) is 53.9 Å². The van der Waals surface area contributed by atoms with Crippen LogP contribution in [0.2, 0.25) is 0 Å². The van der Waals surface area contributed by atoms with Gasteiger partial charge in [0.15, 0.2) is 10.9 Å². The highest BCUT2D eigenvalue weighted by molar-refractivity contribution is 7.22. The Morgan fingerprint density at radius 3 is 2.41 bits per heavy atom. The first kappa shape index (κ1) is 16.1. The summed E-state index contributed by atoms with van der Waals surface area (Å²) in [7, 11) is 0. The fourth-order valence-electron chi connectivity index (χ4n) is 3.19. The summed E-state index contributed by atoms with van der Waals surface area (Å²) in [5.41, 5.74) is 2.79. The lowest BCUT2D eigenvalue weighted by Crippen LogP contribution is -2.46. The predicted octanol–water partition coefficient (Wildman–Crippen LogP) is 2.87. The first-order valence-electron chi connectivity index (χ1n) is 8.81. The summed E-state index contributed by atoms with van der Waals surface area (Å²) < 4.78 is 1.18. The maximum absolute atomic E-state index is 4.71. The van der Waals surface area contributed by atoms with Crippen molar-refractivity contribution in [3.05, 3.63) is 55.1 Å². The molecule has 0 aromatic carbocycles. The van der Waals surface area contributed by atoms with Gasteiger partial charge in [-0.3, -0.25) is 9.97 Å². The molecule has 0 aliphatic carbocycles. The van der Waals surface area contributed by atoms with Gasteiger partial charge in [-0.15, -0.1) is 10.2 Å². The molecule has 0 atom stereocenters. The van der Waals surface area contributed by atoms with Gasteiger partial charge in [-0.1, -0.05) is 11.3 Å². The second-order valence-corrected chi connectivity index (χ2v) is 7.34. The zero-order valence-corrected chi connectivity index (χ0v) is 15.4. The van der Waals surface area contributed by atoms with Gasteiger partial charge in [0.05, 0.1) is 16.6 Å². The lowest BCUT2D eigenvalue weighted by Gasteiger charge is -2.34. The van der Waals surface area contributed by atoms with Crippen LogP contribution in [0.25, 0.3) is 21.5 Å². The van der Waals surface area contributed by atoms with E-state index in [2.05, 4.69) is 30.0 Å². The molecule has 0 bridgehead atoms. The number of aromatic nitrogens is 5. The number of hydrogen-bond acceptors (Lipinski definition) is 8. The fraction of sp³-hybridized carbons (Fsp3) is 0.211. The molecule has 0 amide bonds. The Morgan fingerprint density at radius 2 is 1.67 bits per heavy atom. The van der Waals surface area contributed by atoms with Crippen LogP contribution in [-0.2, 0) is 0 Å². The second-order valence-electron chi connectivity index (χ2n) is 6.33. The number of fused-ring (bicyclic) bond motifs is 1. The molecule has 0 unspecified atom stereocenters. The van der Waals surface area contributed by atoms with Gasteiger partial charge in [-0.2, -0.15) is 0 Å². The molecule has 27 heavy (non-hydrogen) atoms. The molecule has 0 N–H and O–H groups in total. The molecule has 4 aromatic rings. The van der Waals surface area contributed by atoms with Crippen LogP contribution in [0.3, 0.4) is 0 Å². The molecule has 0 radical (unpaired) electrons. The number of anilines is 2. The zero-order chi connectivity index (χ0) is 18.1. The van der Waals surface area contributed by atoms with Crippen LogP contribution in [0.4, 0.5) is 10.9 Å². The summed E-state index contributed by atoms with van der Waals surface area (Å²) in [5, 5.41) is 9.85. The number of thiazole rings is 1. The molecule has 8 heteroatoms. The largest absolute Gasteiger partial charge is 0.352 e. The maximum Gasteiger partial charge on any atom is 0.186 e. The third-order valence-electron chi connectivity index (χ3n) is 4.66. The number of hydrogen-bond donors (Lipinski definition) is 0. The highest BCUT2D eigenvalue weighted by atomic mass is 32.1. The molecule has 7 nitrogen and oxygen atoms in total. The topological polar surface area (TPSA) is 70.9 Å². The van der Waals surface area contributed by atoms with Crippen LogP contribution in [0.15, 0.2) is 55.1 Å². The van der Waals surface area contributed by atoms with Gasteiger partial charge in [0.25, 0.3) is 0 Å². The third kappa shape index (κ3) is 3.19. The molecule has 1 fully saturated rings. The van der Waals surface area contributed by atoms with Crippen molar-refractivity contribution < 1.29 is 0 Å². The maximum atomic E-state index is 4.71. The fourth-order valence-corrected chi connectivity index (χ4v) is 4.18. The number of piperazine rings is 1. The van der Waals surface area contributed by atoms with Crippen LogP contribution in [0.1, 0.15) is 0 Å². The van der Waals surface area contributed by atoms with E-state index in [1.807, 2.05) is 42.7 Å². The van der Waals surface area contributed by atoms with E-state index in [4.69, 9.17) is 4.98 Å². The second kappa shape index (κ2) is 6.88. The van der Waals surface area contributed by atoms with E-state index < -0.39 is 0 Å². The van der Waals surface area contributed by atoms with Gasteiger partial charge < -0.3 is 9.80 Å². The molecule has 5 heterocycles. The van der Waals surface area contributed by atoms with Gasteiger partial charge in [0, 0.05) is 50.3 Å². The van der Waals surface area contributed by atoms with Crippen molar-refractivity contribution in [1.29, 1.82) is 0 Å². The van der Waals surface area contributed by atoms with Crippen LogP contribution >= 0.6 is 11.3 Å². The van der Waals surface area contributed by atoms with Gasteiger partial charge in [0.1, 0.15) is 5.52 Å². The van der Waals surface area contributed by atoms with Crippen LogP contribution in [0.5, 0.6) is 0 Å². The summed E-state index contributed by atoms with van der Waals surface area (Å²) in [5.74, 6) is 0.913. The summed E-state index contributed by atoms with van der Waals surface area (Å²) in [6, 6.07) is 9.96. The van der Waals surface area contributed by atoms with Gasteiger partial charge in [-0.05, 0) is 30.3 Å². The van der Waals surface area contributed by atoms with E-state index >= 15 is 0 Å². The minimum Gasteiger partial charge on any atom is -0.352 e. The highest BCUT2D eigenvalue weighted by Crippen LogP contribution is 2.29. The van der Waals surface area contributed by atoms with Crippen LogP contribution in [0, 0.1) is 0 Å². The molecule has 0 spiro atoms. The SMILES string of the molecule is c1cncc(-c2ccc(N3CCN(c4nc5cnccc5s4)CC3)nn2)c1. The monoisotopic (exact) mass is 375 g/mol. The van der Waals surface area contributed by atoms with Crippen LogP contribution < -0.4 is 9.80 Å². The van der Waals surface area contributed by atoms with Crippen molar-refractivity contribution in [2.24, 2.45) is 0 Å². The number of pyridine rings is 2. The van der Waals surface area contributed by atoms with Crippen molar-refractivity contribution in [3.8, 4) is 11.3 Å². The lowest BCUT2D eigenvalue weighted by atomic mass is 10.2. The van der Waals surface area contributed by atoms with E-state index in [-0.39, 0.29) is 0 Å². The Kier molecular flexibility index (Phi) is 4.10. The van der Waals surface area contributed by atoms with Gasteiger partial charge in [-0.25, -0.2) is 4.98 Å². The molecule has 0 saturated carbocycles. The predicted molar refractivity (Wildman–Crippen MR) is 107 cm³/mol. The average Bonchev–Trinajstić information content (AvgIpc) is 3.19. The molecule has 1 aliphatic heterocycles. The number of rotatable bonds is 3. The summed E-state index contributed by atoms with van der Waals surface area (Å²) in [6.07, 6.45) is 7.20. The zero-order valence-electron chi connectivity index (χ0n) is 14.6. The first-order chi connectivity index (χ1) is 13.4. The minimum atomic E-state index is 0.841. The normalized spacial score (nSPS) is 14.7. The van der Waals surface area contributed by atoms with Crippen molar-refractivity contribution in [2.45, 2.75) is 0 Å². The van der Waals surface area contributed by atoms with Crippen molar-refractivity contribution in [1.82, 2.24) is 25.1 Å². The molecule has 134 valence electrons. The van der Waals surface area contributed by atoms with E-state index in [1.54, 1.807) is 23.7 Å². The molecule has 1 aliphatic rings. The van der Waals surface area contributed by atoms with Gasteiger partial charge >= 0.3 is 0 Å². The van der Waals surface area contributed by atoms with Crippen molar-refractivity contribution in [3.63, 3.8) is 0 Å². The average molecular weight is 375 g/mol. The summed E-state index contributed by atoms with van der Waals surface area (Å²) in [4.78, 5) is 17.6. The van der Waals surface area contributed by atoms with E-state index in [1.165, 1.54) is 4.70 Å². The molecular weight excluding hydrogens is 358 g/mol. The van der Waals surface area contributed by atoms with E-state index in [0.29, 0.717) is 0 Å². The molecule has 1 saturated heterocycles. The highest BCUT2D eigenvalue weighted by Gasteiger charge is 2.21. The quantitative estimate of drug-likeness (QED) is 0.545. The first-order valence-corrected chi connectivity index (χ1v) is 9.63. The van der Waals surface area contributed by atoms with Crippen molar-refractivity contribution in [2.75, 3.05) is 36.0 Å².